The number of carbonyl (C=O) groups excluding carboxylic acids is 1. The van der Waals surface area contributed by atoms with Gasteiger partial charge in [0.05, 0.1) is 25.5 Å². The van der Waals surface area contributed by atoms with E-state index in [0.717, 1.165) is 74.2 Å². The Morgan fingerprint density at radius 3 is 3.03 bits per heavy atom. The highest BCUT2D eigenvalue weighted by atomic mass is 16.6. The minimum Gasteiger partial charge on any atom is -0.446 e. The predicted molar refractivity (Wildman–Crippen MR) is 139 cm³/mol. The number of aryl methyl sites for hydroxylation is 1. The fraction of sp³-hybridized carbons (Fsp3) is 0.615. The molecule has 1 unspecified atom stereocenters. The number of nitrogens with zero attached hydrogens (tertiary/aromatic N) is 4. The number of ether oxygens (including phenoxy) is 3. The Labute approximate surface area is 216 Å². The first-order chi connectivity index (χ1) is 18.0. The van der Waals surface area contributed by atoms with Crippen LogP contribution in [0.1, 0.15) is 56.8 Å². The molecular formula is C26H37N7O4. The van der Waals surface area contributed by atoms with Crippen molar-refractivity contribution >= 4 is 28.6 Å². The van der Waals surface area contributed by atoms with Crippen molar-refractivity contribution in [2.45, 2.75) is 64.0 Å². The van der Waals surface area contributed by atoms with Crippen molar-refractivity contribution in [1.29, 1.82) is 0 Å². The van der Waals surface area contributed by atoms with Gasteiger partial charge in [0.2, 0.25) is 0 Å². The fourth-order valence-corrected chi connectivity index (χ4v) is 5.19. The molecule has 0 spiro atoms. The Bertz CT molecular complexity index is 1200. The second-order valence-corrected chi connectivity index (χ2v) is 10.4. The van der Waals surface area contributed by atoms with Crippen LogP contribution in [0.4, 0.5) is 16.4 Å². The van der Waals surface area contributed by atoms with Crippen LogP contribution in [-0.4, -0.2) is 69.6 Å². The maximum atomic E-state index is 11.9. The van der Waals surface area contributed by atoms with Crippen LogP contribution in [0.2, 0.25) is 0 Å². The number of nitrogens with one attached hydrogen (secondary N) is 3. The second kappa shape index (κ2) is 11.5. The molecule has 5 rings (SSSR count). The molecule has 11 nitrogen and oxygen atoms in total. The van der Waals surface area contributed by atoms with Crippen LogP contribution < -0.4 is 10.6 Å². The van der Waals surface area contributed by atoms with Crippen LogP contribution >= 0.6 is 0 Å². The molecule has 2 aliphatic rings. The number of carbonyl (C=O) groups is 1. The van der Waals surface area contributed by atoms with Crippen LogP contribution in [-0.2, 0) is 27.7 Å². The first-order valence-electron chi connectivity index (χ1n) is 13.2. The molecule has 0 aromatic carbocycles. The highest BCUT2D eigenvalue weighted by Crippen LogP contribution is 2.36. The Morgan fingerprint density at radius 2 is 2.22 bits per heavy atom. The van der Waals surface area contributed by atoms with Crippen molar-refractivity contribution in [3.05, 3.63) is 29.7 Å². The normalized spacial score (nSPS) is 21.7. The molecule has 1 amide bonds. The molecule has 200 valence electrons. The number of fused-ring (bicyclic) bond motifs is 1. The molecule has 1 saturated carbocycles. The molecule has 0 bridgehead atoms. The molecule has 1 aliphatic carbocycles. The molecule has 3 N–H and O–H groups in total. The van der Waals surface area contributed by atoms with Crippen molar-refractivity contribution in [3.63, 3.8) is 0 Å². The monoisotopic (exact) mass is 511 g/mol. The van der Waals surface area contributed by atoms with Crippen LogP contribution in [0, 0.1) is 5.92 Å². The summed E-state index contributed by atoms with van der Waals surface area (Å²) < 4.78 is 18.7. The minimum absolute atomic E-state index is 0.0601. The summed E-state index contributed by atoms with van der Waals surface area (Å²) in [4.78, 5) is 16.5. The van der Waals surface area contributed by atoms with E-state index >= 15 is 0 Å². The minimum atomic E-state index is -0.350. The first kappa shape index (κ1) is 25.5. The Balaban J connectivity index is 1.19. The van der Waals surface area contributed by atoms with Gasteiger partial charge in [0, 0.05) is 61.3 Å². The maximum absolute atomic E-state index is 11.9. The molecule has 2 fully saturated rings. The number of alkyl carbamates (subject to hydrolysis) is 1. The summed E-state index contributed by atoms with van der Waals surface area (Å²) in [5.41, 5.74) is 2.95. The zero-order chi connectivity index (χ0) is 25.8. The van der Waals surface area contributed by atoms with Gasteiger partial charge in [0.25, 0.3) is 0 Å². The number of pyridine rings is 1. The third kappa shape index (κ3) is 6.22. The number of H-pyrrole nitrogens is 1. The fourth-order valence-electron chi connectivity index (χ4n) is 5.19. The summed E-state index contributed by atoms with van der Waals surface area (Å²) in [5.74, 6) is 2.18. The van der Waals surface area contributed by atoms with Crippen molar-refractivity contribution < 1.29 is 19.0 Å². The van der Waals surface area contributed by atoms with Crippen LogP contribution in [0.25, 0.3) is 10.9 Å². The van der Waals surface area contributed by atoms with Gasteiger partial charge in [-0.15, -0.1) is 0 Å². The Kier molecular flexibility index (Phi) is 7.90. The first-order valence-corrected chi connectivity index (χ1v) is 13.2. The van der Waals surface area contributed by atoms with Gasteiger partial charge in [-0.05, 0) is 45.6 Å². The van der Waals surface area contributed by atoms with Crippen molar-refractivity contribution in [2.24, 2.45) is 13.0 Å². The summed E-state index contributed by atoms with van der Waals surface area (Å²) in [7, 11) is 1.93. The summed E-state index contributed by atoms with van der Waals surface area (Å²) >= 11 is 0. The summed E-state index contributed by atoms with van der Waals surface area (Å²) in [6.07, 6.45) is 5.74. The Morgan fingerprint density at radius 1 is 1.32 bits per heavy atom. The third-order valence-electron chi connectivity index (χ3n) is 7.04. The third-order valence-corrected chi connectivity index (χ3v) is 7.04. The zero-order valence-corrected chi connectivity index (χ0v) is 21.8. The van der Waals surface area contributed by atoms with Crippen molar-refractivity contribution in [3.8, 4) is 0 Å². The zero-order valence-electron chi connectivity index (χ0n) is 21.8. The van der Waals surface area contributed by atoms with E-state index in [9.17, 15) is 4.79 Å². The number of anilines is 2. The number of aromatic nitrogens is 5. The molecule has 4 heterocycles. The van der Waals surface area contributed by atoms with Crippen molar-refractivity contribution in [2.75, 3.05) is 31.7 Å². The summed E-state index contributed by atoms with van der Waals surface area (Å²) in [6.45, 7) is 6.84. The highest BCUT2D eigenvalue weighted by molar-refractivity contribution is 5.91. The van der Waals surface area contributed by atoms with Gasteiger partial charge in [-0.1, -0.05) is 0 Å². The Hall–Kier alpha value is -3.18. The van der Waals surface area contributed by atoms with Crippen molar-refractivity contribution in [1.82, 2.24) is 30.3 Å². The van der Waals surface area contributed by atoms with E-state index in [1.807, 2.05) is 37.7 Å². The molecular weight excluding hydrogens is 474 g/mol. The number of hydrogen-bond acceptors (Lipinski definition) is 8. The summed E-state index contributed by atoms with van der Waals surface area (Å²) in [5, 5.41) is 19.6. The molecule has 1 aliphatic heterocycles. The lowest BCUT2D eigenvalue weighted by atomic mass is 10.0. The van der Waals surface area contributed by atoms with E-state index in [1.165, 1.54) is 0 Å². The summed E-state index contributed by atoms with van der Waals surface area (Å²) in [6, 6.07) is 4.07. The predicted octanol–water partition coefficient (Wildman–Crippen LogP) is 3.80. The van der Waals surface area contributed by atoms with E-state index in [2.05, 4.69) is 25.8 Å². The lowest BCUT2D eigenvalue weighted by Gasteiger charge is -2.14. The maximum Gasteiger partial charge on any atom is 0.407 e. The number of aromatic amines is 1. The lowest BCUT2D eigenvalue weighted by molar-refractivity contribution is 0.0915. The van der Waals surface area contributed by atoms with Gasteiger partial charge >= 0.3 is 6.09 Å². The van der Waals surface area contributed by atoms with Crippen LogP contribution in [0.15, 0.2) is 18.3 Å². The van der Waals surface area contributed by atoms with Crippen LogP contribution in [0.3, 0.4) is 0 Å². The standard InChI is InChI=1S/C26H37N7O4/c1-16(2)28-26(34)37-19-5-4-18(12-19)22-13-23(31-30-22)29-25-24-20(6-9-27-25)21(32-33(24)3)8-11-36-15-17-7-10-35-14-17/h6,9,13,16-19H,4-5,7-8,10-12,14-15H2,1-3H3,(H,28,34)(H2,27,29,30,31)/t17?,18-,19+/m0/s1. The van der Waals surface area contributed by atoms with Crippen LogP contribution in [0.5, 0.6) is 0 Å². The van der Waals surface area contributed by atoms with E-state index in [1.54, 1.807) is 6.20 Å². The topological polar surface area (TPSA) is 128 Å². The highest BCUT2D eigenvalue weighted by Gasteiger charge is 2.30. The average molecular weight is 512 g/mol. The molecule has 1 saturated heterocycles. The van der Waals surface area contributed by atoms with E-state index in [4.69, 9.17) is 19.3 Å². The van der Waals surface area contributed by atoms with E-state index < -0.39 is 0 Å². The van der Waals surface area contributed by atoms with E-state index in [0.29, 0.717) is 24.2 Å². The largest absolute Gasteiger partial charge is 0.446 e. The lowest BCUT2D eigenvalue weighted by Crippen LogP contribution is -2.33. The average Bonchev–Trinajstić information content (AvgIpc) is 3.65. The quantitative estimate of drug-likeness (QED) is 0.351. The SMILES string of the molecule is CC(C)NC(=O)O[C@@H]1CC[C@H](c2cc(Nc3nccc4c(CCOCC5CCOC5)nn(C)c34)n[nH]2)C1. The molecule has 3 atom stereocenters. The number of hydrogen-bond donors (Lipinski definition) is 3. The van der Waals surface area contributed by atoms with Gasteiger partial charge < -0.3 is 24.8 Å². The number of amides is 1. The molecule has 3 aromatic rings. The van der Waals surface area contributed by atoms with Gasteiger partial charge in [0.1, 0.15) is 11.6 Å². The molecule has 3 aromatic heterocycles. The van der Waals surface area contributed by atoms with Gasteiger partial charge in [0.15, 0.2) is 11.6 Å². The van der Waals surface area contributed by atoms with Gasteiger partial charge in [-0.2, -0.15) is 10.2 Å². The molecule has 11 heteroatoms. The second-order valence-electron chi connectivity index (χ2n) is 10.4. The molecule has 37 heavy (non-hydrogen) atoms. The van der Waals surface area contributed by atoms with E-state index in [-0.39, 0.29) is 24.2 Å². The van der Waals surface area contributed by atoms with Gasteiger partial charge in [-0.3, -0.25) is 9.78 Å². The number of rotatable bonds is 10. The molecule has 0 radical (unpaired) electrons. The smallest absolute Gasteiger partial charge is 0.407 e. The van der Waals surface area contributed by atoms with Gasteiger partial charge in [-0.25, -0.2) is 9.78 Å².